The molecule has 7 nitrogen and oxygen atoms in total. The summed E-state index contributed by atoms with van der Waals surface area (Å²) in [6.45, 7) is -0.427. The van der Waals surface area contributed by atoms with Gasteiger partial charge in [-0.25, -0.2) is 14.8 Å². The van der Waals surface area contributed by atoms with Crippen molar-refractivity contribution in [2.45, 2.75) is 11.3 Å². The molecule has 98 valence electrons. The minimum atomic E-state index is -1.67. The summed E-state index contributed by atoms with van der Waals surface area (Å²) in [5.74, 6) is -2.09. The molecular weight excluding hydrogens is 282 g/mol. The Bertz CT molecular complexity index is 471. The fraction of sp³-hybridized carbons (Fsp3) is 0.333. The van der Waals surface area contributed by atoms with Crippen LogP contribution in [0.3, 0.4) is 0 Å². The minimum absolute atomic E-state index is 0.0510. The maximum absolute atomic E-state index is 11.7. The number of carbonyl (C=O) groups excluding carboxylic acids is 1. The molecule has 1 atom stereocenters. The number of aromatic nitrogens is 2. The van der Waals surface area contributed by atoms with E-state index in [1.807, 2.05) is 0 Å². The summed E-state index contributed by atoms with van der Waals surface area (Å²) in [6, 6.07) is 0. The number of nitrogens with zero attached hydrogens (tertiary/aromatic N) is 2. The zero-order chi connectivity index (χ0) is 13.7. The monoisotopic (exact) mass is 291 g/mol. The van der Waals surface area contributed by atoms with Crippen molar-refractivity contribution in [3.05, 3.63) is 16.9 Å². The van der Waals surface area contributed by atoms with Crippen LogP contribution in [0.2, 0.25) is 5.02 Å². The zero-order valence-corrected chi connectivity index (χ0v) is 10.8. The largest absolute Gasteiger partial charge is 0.479 e. The van der Waals surface area contributed by atoms with Gasteiger partial charge in [-0.3, -0.25) is 4.79 Å². The van der Waals surface area contributed by atoms with Crippen molar-refractivity contribution in [1.29, 1.82) is 0 Å². The Morgan fingerprint density at radius 1 is 1.61 bits per heavy atom. The molecule has 0 aliphatic heterocycles. The number of carboxylic acid groups (broad SMARTS) is 1. The van der Waals surface area contributed by atoms with Gasteiger partial charge in [-0.15, -0.1) is 0 Å². The Labute approximate surface area is 112 Å². The number of hydrogen-bond acceptors (Lipinski definition) is 6. The lowest BCUT2D eigenvalue weighted by atomic mass is 10.3. The number of hydrogen-bond donors (Lipinski definition) is 3. The summed E-state index contributed by atoms with van der Waals surface area (Å²) in [5, 5.41) is 20.1. The molecule has 0 bridgehead atoms. The van der Waals surface area contributed by atoms with Crippen LogP contribution in [0.15, 0.2) is 11.4 Å². The molecule has 1 aromatic heterocycles. The average Bonchev–Trinajstić information content (AvgIpc) is 2.35. The van der Waals surface area contributed by atoms with Crippen LogP contribution < -0.4 is 5.32 Å². The van der Waals surface area contributed by atoms with Crippen molar-refractivity contribution >= 4 is 35.2 Å². The molecule has 9 heteroatoms. The molecule has 0 spiro atoms. The Morgan fingerprint density at radius 3 is 2.83 bits per heavy atom. The highest BCUT2D eigenvalue weighted by Gasteiger charge is 2.18. The Hall–Kier alpha value is -1.38. The standard InChI is InChI=1S/C9H10ClN3O4S/c1-18-9-12-2-4(10)6(13-9)7(15)11-3-5(14)8(16)17/h2,5,14H,3H2,1H3,(H,11,15)(H,16,17)/t5-/m0/s1. The number of rotatable bonds is 5. The SMILES string of the molecule is CSc1ncc(Cl)c(C(=O)NC[C@H](O)C(=O)O)n1. The summed E-state index contributed by atoms with van der Waals surface area (Å²) in [6.07, 6.45) is 1.34. The number of amides is 1. The van der Waals surface area contributed by atoms with Crippen LogP contribution in [0.4, 0.5) is 0 Å². The van der Waals surface area contributed by atoms with E-state index in [1.54, 1.807) is 6.26 Å². The number of thioether (sulfide) groups is 1. The van der Waals surface area contributed by atoms with Gasteiger partial charge in [-0.2, -0.15) is 0 Å². The number of carbonyl (C=O) groups is 2. The predicted octanol–water partition coefficient (Wildman–Crippen LogP) is 0.0272. The molecule has 0 saturated heterocycles. The first kappa shape index (κ1) is 14.7. The van der Waals surface area contributed by atoms with E-state index in [-0.39, 0.29) is 10.7 Å². The van der Waals surface area contributed by atoms with Crippen LogP contribution in [0.25, 0.3) is 0 Å². The van der Waals surface area contributed by atoms with Gasteiger partial charge < -0.3 is 15.5 Å². The predicted molar refractivity (Wildman–Crippen MR) is 64.8 cm³/mol. The van der Waals surface area contributed by atoms with Gasteiger partial charge in [0.15, 0.2) is 17.0 Å². The molecular formula is C9H10ClN3O4S. The summed E-state index contributed by atoms with van der Waals surface area (Å²) in [5.41, 5.74) is -0.0615. The number of nitrogens with one attached hydrogen (secondary N) is 1. The molecule has 0 aliphatic carbocycles. The van der Waals surface area contributed by atoms with E-state index in [0.717, 1.165) is 0 Å². The number of halogens is 1. The first-order valence-electron chi connectivity index (χ1n) is 4.71. The van der Waals surface area contributed by atoms with E-state index in [1.165, 1.54) is 18.0 Å². The number of aliphatic carboxylic acids is 1. The van der Waals surface area contributed by atoms with E-state index >= 15 is 0 Å². The van der Waals surface area contributed by atoms with Crippen LogP contribution in [0, 0.1) is 0 Å². The van der Waals surface area contributed by atoms with Gasteiger partial charge in [0.05, 0.1) is 17.8 Å². The lowest BCUT2D eigenvalue weighted by Crippen LogP contribution is -2.37. The number of carboxylic acids is 1. The van der Waals surface area contributed by atoms with Crippen LogP contribution in [-0.2, 0) is 4.79 Å². The molecule has 0 aliphatic rings. The van der Waals surface area contributed by atoms with Crippen molar-refractivity contribution in [3.63, 3.8) is 0 Å². The molecule has 0 fully saturated rings. The van der Waals surface area contributed by atoms with Gasteiger partial charge in [0.2, 0.25) is 0 Å². The maximum Gasteiger partial charge on any atom is 0.334 e. The molecule has 0 radical (unpaired) electrons. The van der Waals surface area contributed by atoms with Crippen molar-refractivity contribution in [3.8, 4) is 0 Å². The third kappa shape index (κ3) is 3.83. The van der Waals surface area contributed by atoms with Gasteiger partial charge in [0.25, 0.3) is 5.91 Å². The van der Waals surface area contributed by atoms with Gasteiger partial charge in [-0.05, 0) is 6.26 Å². The molecule has 0 saturated carbocycles. The summed E-state index contributed by atoms with van der Waals surface area (Å²) in [7, 11) is 0. The topological polar surface area (TPSA) is 112 Å². The maximum atomic E-state index is 11.7. The van der Waals surface area contributed by atoms with Crippen LogP contribution >= 0.6 is 23.4 Å². The summed E-state index contributed by atoms with van der Waals surface area (Å²) in [4.78, 5) is 29.8. The second-order valence-corrected chi connectivity index (χ2v) is 4.30. The molecule has 18 heavy (non-hydrogen) atoms. The Morgan fingerprint density at radius 2 is 2.28 bits per heavy atom. The second kappa shape index (κ2) is 6.53. The van der Waals surface area contributed by atoms with E-state index in [4.69, 9.17) is 21.8 Å². The molecule has 1 heterocycles. The van der Waals surface area contributed by atoms with Gasteiger partial charge in [-0.1, -0.05) is 23.4 Å². The van der Waals surface area contributed by atoms with Crippen LogP contribution in [-0.4, -0.2) is 51.0 Å². The third-order valence-corrected chi connectivity index (χ3v) is 2.70. The molecule has 0 unspecified atom stereocenters. The summed E-state index contributed by atoms with van der Waals surface area (Å²) >= 11 is 6.99. The smallest absolute Gasteiger partial charge is 0.334 e. The molecule has 3 N–H and O–H groups in total. The average molecular weight is 292 g/mol. The lowest BCUT2D eigenvalue weighted by Gasteiger charge is -2.08. The van der Waals surface area contributed by atoms with Gasteiger partial charge in [0.1, 0.15) is 0 Å². The zero-order valence-electron chi connectivity index (χ0n) is 9.25. The molecule has 1 amide bonds. The van der Waals surface area contributed by atoms with Crippen molar-refractivity contribution in [1.82, 2.24) is 15.3 Å². The number of aliphatic hydroxyl groups excluding tert-OH is 1. The van der Waals surface area contributed by atoms with Crippen molar-refractivity contribution in [2.24, 2.45) is 0 Å². The second-order valence-electron chi connectivity index (χ2n) is 3.12. The van der Waals surface area contributed by atoms with Crippen molar-refractivity contribution < 1.29 is 19.8 Å². The first-order chi connectivity index (χ1) is 8.45. The highest BCUT2D eigenvalue weighted by Crippen LogP contribution is 2.16. The highest BCUT2D eigenvalue weighted by molar-refractivity contribution is 7.98. The fourth-order valence-electron chi connectivity index (χ4n) is 0.969. The van der Waals surface area contributed by atoms with Crippen molar-refractivity contribution in [2.75, 3.05) is 12.8 Å². The molecule has 1 rings (SSSR count). The van der Waals surface area contributed by atoms with E-state index in [9.17, 15) is 9.59 Å². The third-order valence-electron chi connectivity index (χ3n) is 1.86. The van der Waals surface area contributed by atoms with Gasteiger partial charge in [0, 0.05) is 0 Å². The lowest BCUT2D eigenvalue weighted by molar-refractivity contribution is -0.146. The Balaban J connectivity index is 2.75. The Kier molecular flexibility index (Phi) is 5.32. The van der Waals surface area contributed by atoms with E-state index in [0.29, 0.717) is 5.16 Å². The minimum Gasteiger partial charge on any atom is -0.479 e. The molecule has 0 aromatic carbocycles. The molecule has 1 aromatic rings. The van der Waals surface area contributed by atoms with Gasteiger partial charge >= 0.3 is 5.97 Å². The highest BCUT2D eigenvalue weighted by atomic mass is 35.5. The van der Waals surface area contributed by atoms with Crippen LogP contribution in [0.1, 0.15) is 10.5 Å². The quantitative estimate of drug-likeness (QED) is 0.518. The first-order valence-corrected chi connectivity index (χ1v) is 6.31. The van der Waals surface area contributed by atoms with Crippen LogP contribution in [0.5, 0.6) is 0 Å². The fourth-order valence-corrected chi connectivity index (χ4v) is 1.49. The normalized spacial score (nSPS) is 11.9. The van der Waals surface area contributed by atoms with E-state index in [2.05, 4.69) is 15.3 Å². The number of aliphatic hydroxyl groups is 1. The summed E-state index contributed by atoms with van der Waals surface area (Å²) < 4.78 is 0. The van der Waals surface area contributed by atoms with E-state index < -0.39 is 24.5 Å².